The van der Waals surface area contributed by atoms with Crippen LogP contribution in [0.5, 0.6) is 17.2 Å². The highest BCUT2D eigenvalue weighted by Gasteiger charge is 2.11. The topological polar surface area (TPSA) is 83.1 Å². The Morgan fingerprint density at radius 1 is 1.00 bits per heavy atom. The Morgan fingerprint density at radius 2 is 1.74 bits per heavy atom. The summed E-state index contributed by atoms with van der Waals surface area (Å²) in [5, 5.41) is 3.21. The second-order valence-corrected chi connectivity index (χ2v) is 5.89. The summed E-state index contributed by atoms with van der Waals surface area (Å²) in [4.78, 5) is 23.6. The normalized spacial score (nSPS) is 10.1. The molecule has 0 aliphatic heterocycles. The molecule has 2 aromatic rings. The molecule has 0 aliphatic carbocycles. The number of hydrogen-bond acceptors (Lipinski definition) is 6. The van der Waals surface area contributed by atoms with E-state index >= 15 is 0 Å². The molecule has 0 saturated heterocycles. The van der Waals surface area contributed by atoms with Crippen molar-refractivity contribution < 1.29 is 28.5 Å². The molecule has 0 aromatic heterocycles. The quantitative estimate of drug-likeness (QED) is 0.693. The Bertz CT molecular complexity index is 824. The van der Waals surface area contributed by atoms with E-state index in [1.54, 1.807) is 36.4 Å². The SMILES string of the molecule is COc1ccc(NC(=O)COC(=O)COc2ccc(Cl)c(C)c2)cc1OC. The summed E-state index contributed by atoms with van der Waals surface area (Å²) in [6.07, 6.45) is 0. The zero-order chi connectivity index (χ0) is 19.8. The van der Waals surface area contributed by atoms with Crippen molar-refractivity contribution in [3.63, 3.8) is 0 Å². The number of carbonyl (C=O) groups excluding carboxylic acids is 2. The van der Waals surface area contributed by atoms with Gasteiger partial charge in [-0.2, -0.15) is 0 Å². The summed E-state index contributed by atoms with van der Waals surface area (Å²) in [6, 6.07) is 9.93. The van der Waals surface area contributed by atoms with Gasteiger partial charge < -0.3 is 24.3 Å². The number of halogens is 1. The number of nitrogens with one attached hydrogen (secondary N) is 1. The number of anilines is 1. The largest absolute Gasteiger partial charge is 0.493 e. The van der Waals surface area contributed by atoms with E-state index in [1.165, 1.54) is 14.2 Å². The van der Waals surface area contributed by atoms with Gasteiger partial charge in [-0.25, -0.2) is 4.79 Å². The summed E-state index contributed by atoms with van der Waals surface area (Å²) in [5.74, 6) is 0.349. The molecule has 2 rings (SSSR count). The van der Waals surface area contributed by atoms with E-state index in [1.807, 2.05) is 6.92 Å². The highest BCUT2D eigenvalue weighted by Crippen LogP contribution is 2.29. The van der Waals surface area contributed by atoms with Gasteiger partial charge in [0.2, 0.25) is 0 Å². The molecular weight excluding hydrogens is 374 g/mol. The third kappa shape index (κ3) is 6.07. The molecule has 0 unspecified atom stereocenters. The number of benzene rings is 2. The molecule has 0 bridgehead atoms. The maximum atomic E-state index is 11.9. The molecule has 1 amide bonds. The Balaban J connectivity index is 1.79. The van der Waals surface area contributed by atoms with Gasteiger partial charge in [-0.05, 0) is 42.8 Å². The monoisotopic (exact) mass is 393 g/mol. The van der Waals surface area contributed by atoms with E-state index in [-0.39, 0.29) is 6.61 Å². The molecule has 8 heteroatoms. The van der Waals surface area contributed by atoms with E-state index < -0.39 is 18.5 Å². The van der Waals surface area contributed by atoms with Crippen molar-refractivity contribution in [2.75, 3.05) is 32.8 Å². The number of carbonyl (C=O) groups is 2. The van der Waals surface area contributed by atoms with Gasteiger partial charge in [0.1, 0.15) is 5.75 Å². The van der Waals surface area contributed by atoms with Crippen LogP contribution in [0.4, 0.5) is 5.69 Å². The molecule has 0 heterocycles. The minimum Gasteiger partial charge on any atom is -0.493 e. The van der Waals surface area contributed by atoms with Crippen molar-refractivity contribution in [1.29, 1.82) is 0 Å². The summed E-state index contributed by atoms with van der Waals surface area (Å²) < 4.78 is 20.5. The van der Waals surface area contributed by atoms with Crippen molar-refractivity contribution in [3.8, 4) is 17.2 Å². The number of amides is 1. The Kier molecular flexibility index (Phi) is 7.31. The van der Waals surface area contributed by atoms with Gasteiger partial charge in [-0.1, -0.05) is 11.6 Å². The predicted molar refractivity (Wildman–Crippen MR) is 101 cm³/mol. The molecular formula is C19H20ClNO6. The number of rotatable bonds is 8. The average Bonchev–Trinajstić information content (AvgIpc) is 2.67. The van der Waals surface area contributed by atoms with Crippen LogP contribution in [-0.4, -0.2) is 39.3 Å². The first-order chi connectivity index (χ1) is 12.9. The fourth-order valence-corrected chi connectivity index (χ4v) is 2.27. The van der Waals surface area contributed by atoms with Crippen LogP contribution < -0.4 is 19.5 Å². The van der Waals surface area contributed by atoms with E-state index in [2.05, 4.69) is 5.32 Å². The smallest absolute Gasteiger partial charge is 0.344 e. The number of aryl methyl sites for hydroxylation is 1. The minimum atomic E-state index is -0.662. The maximum absolute atomic E-state index is 11.9. The van der Waals surface area contributed by atoms with Gasteiger partial charge in [-0.15, -0.1) is 0 Å². The van der Waals surface area contributed by atoms with Crippen LogP contribution in [0.25, 0.3) is 0 Å². The second-order valence-electron chi connectivity index (χ2n) is 5.48. The van der Waals surface area contributed by atoms with E-state index in [4.69, 9.17) is 30.5 Å². The van der Waals surface area contributed by atoms with Gasteiger partial charge in [0, 0.05) is 16.8 Å². The van der Waals surface area contributed by atoms with Gasteiger partial charge in [-0.3, -0.25) is 4.79 Å². The van der Waals surface area contributed by atoms with Crippen LogP contribution in [-0.2, 0) is 14.3 Å². The summed E-state index contributed by atoms with van der Waals surface area (Å²) in [6.45, 7) is 1.08. The Labute approximate surface area is 162 Å². The summed E-state index contributed by atoms with van der Waals surface area (Å²) in [5.41, 5.74) is 1.32. The lowest BCUT2D eigenvalue weighted by atomic mass is 10.2. The highest BCUT2D eigenvalue weighted by molar-refractivity contribution is 6.31. The van der Waals surface area contributed by atoms with Crippen LogP contribution in [0.1, 0.15) is 5.56 Å². The van der Waals surface area contributed by atoms with Gasteiger partial charge >= 0.3 is 5.97 Å². The lowest BCUT2D eigenvalue weighted by Gasteiger charge is -2.11. The molecule has 0 atom stereocenters. The fraction of sp³-hybridized carbons (Fsp3) is 0.263. The second kappa shape index (κ2) is 9.68. The predicted octanol–water partition coefficient (Wildman–Crippen LogP) is 3.23. The van der Waals surface area contributed by atoms with Crippen molar-refractivity contribution in [3.05, 3.63) is 47.0 Å². The molecule has 7 nitrogen and oxygen atoms in total. The van der Waals surface area contributed by atoms with Crippen molar-refractivity contribution >= 4 is 29.2 Å². The molecule has 0 fully saturated rings. The van der Waals surface area contributed by atoms with E-state index in [9.17, 15) is 9.59 Å². The lowest BCUT2D eigenvalue weighted by molar-refractivity contribution is -0.149. The third-order valence-electron chi connectivity index (χ3n) is 3.52. The van der Waals surface area contributed by atoms with Crippen LogP contribution in [0, 0.1) is 6.92 Å². The molecule has 1 N–H and O–H groups in total. The molecule has 0 saturated carbocycles. The summed E-state index contributed by atoms with van der Waals surface area (Å²) >= 11 is 5.92. The number of methoxy groups -OCH3 is 2. The van der Waals surface area contributed by atoms with Crippen molar-refractivity contribution in [2.24, 2.45) is 0 Å². The molecule has 144 valence electrons. The van der Waals surface area contributed by atoms with E-state index in [0.29, 0.717) is 28.0 Å². The van der Waals surface area contributed by atoms with Crippen molar-refractivity contribution in [1.82, 2.24) is 0 Å². The maximum Gasteiger partial charge on any atom is 0.344 e. The Morgan fingerprint density at radius 3 is 2.41 bits per heavy atom. The van der Waals surface area contributed by atoms with Gasteiger partial charge in [0.15, 0.2) is 24.7 Å². The number of hydrogen-bond donors (Lipinski definition) is 1. The first-order valence-corrected chi connectivity index (χ1v) is 8.37. The van der Waals surface area contributed by atoms with Crippen molar-refractivity contribution in [2.45, 2.75) is 6.92 Å². The Hall–Kier alpha value is -2.93. The lowest BCUT2D eigenvalue weighted by Crippen LogP contribution is -2.23. The van der Waals surface area contributed by atoms with Crippen LogP contribution in [0.15, 0.2) is 36.4 Å². The molecule has 0 spiro atoms. The summed E-state index contributed by atoms with van der Waals surface area (Å²) in [7, 11) is 3.01. The van der Waals surface area contributed by atoms with Crippen LogP contribution in [0.3, 0.4) is 0 Å². The molecule has 0 aliphatic rings. The standard InChI is InChI=1S/C19H20ClNO6/c1-12-8-14(5-6-15(12)20)26-11-19(23)27-10-18(22)21-13-4-7-16(24-2)17(9-13)25-3/h4-9H,10-11H2,1-3H3,(H,21,22). The fourth-order valence-electron chi connectivity index (χ4n) is 2.15. The zero-order valence-electron chi connectivity index (χ0n) is 15.2. The number of esters is 1. The zero-order valence-corrected chi connectivity index (χ0v) is 16.0. The molecule has 27 heavy (non-hydrogen) atoms. The van der Waals surface area contributed by atoms with E-state index in [0.717, 1.165) is 5.56 Å². The third-order valence-corrected chi connectivity index (χ3v) is 3.94. The minimum absolute atomic E-state index is 0.315. The highest BCUT2D eigenvalue weighted by atomic mass is 35.5. The van der Waals surface area contributed by atoms with Gasteiger partial charge in [0.05, 0.1) is 14.2 Å². The van der Waals surface area contributed by atoms with Crippen LogP contribution >= 0.6 is 11.6 Å². The first kappa shape index (κ1) is 20.4. The van der Waals surface area contributed by atoms with Gasteiger partial charge in [0.25, 0.3) is 5.91 Å². The molecule has 2 aromatic carbocycles. The molecule has 0 radical (unpaired) electrons. The number of ether oxygens (including phenoxy) is 4. The average molecular weight is 394 g/mol. The van der Waals surface area contributed by atoms with Crippen LogP contribution in [0.2, 0.25) is 5.02 Å². The first-order valence-electron chi connectivity index (χ1n) is 7.99.